The van der Waals surface area contributed by atoms with E-state index < -0.39 is 5.97 Å². The molecular weight excluding hydrogens is 326 g/mol. The van der Waals surface area contributed by atoms with Crippen molar-refractivity contribution in [2.24, 2.45) is 0 Å². The van der Waals surface area contributed by atoms with Crippen LogP contribution in [0, 0.1) is 0 Å². The molecule has 1 aromatic heterocycles. The lowest BCUT2D eigenvalue weighted by atomic mass is 9.90. The van der Waals surface area contributed by atoms with Crippen molar-refractivity contribution in [3.8, 4) is 0 Å². The van der Waals surface area contributed by atoms with Crippen LogP contribution in [0.5, 0.6) is 0 Å². The van der Waals surface area contributed by atoms with Crippen LogP contribution in [-0.2, 0) is 17.6 Å². The average molecular weight is 345 g/mol. The molecule has 0 spiro atoms. The molecule has 1 aliphatic carbocycles. The Morgan fingerprint density at radius 3 is 2.50 bits per heavy atom. The first-order valence-corrected chi connectivity index (χ1v) is 8.90. The second-order valence-corrected chi connectivity index (χ2v) is 6.50. The van der Waals surface area contributed by atoms with Crippen LogP contribution in [0.3, 0.4) is 0 Å². The van der Waals surface area contributed by atoms with Gasteiger partial charge in [0.05, 0.1) is 11.1 Å². The van der Waals surface area contributed by atoms with Gasteiger partial charge in [-0.05, 0) is 37.3 Å². The predicted molar refractivity (Wildman–Crippen MR) is 99.4 cm³/mol. The van der Waals surface area contributed by atoms with Crippen molar-refractivity contribution in [1.29, 1.82) is 0 Å². The lowest BCUT2D eigenvalue weighted by molar-refractivity contribution is 0.0475. The molecule has 2 aromatic carbocycles. The van der Waals surface area contributed by atoms with Crippen LogP contribution in [0.15, 0.2) is 54.6 Å². The van der Waals surface area contributed by atoms with Crippen molar-refractivity contribution in [2.45, 2.75) is 25.7 Å². The number of pyridine rings is 1. The fourth-order valence-electron chi connectivity index (χ4n) is 3.52. The second-order valence-electron chi connectivity index (χ2n) is 6.50. The third-order valence-corrected chi connectivity index (χ3v) is 4.80. The molecule has 4 nitrogen and oxygen atoms in total. The van der Waals surface area contributed by atoms with Gasteiger partial charge in [-0.25, -0.2) is 4.79 Å². The largest absolute Gasteiger partial charge is 0.454 e. The van der Waals surface area contributed by atoms with Gasteiger partial charge in [-0.3, -0.25) is 9.78 Å². The maximum absolute atomic E-state index is 12.9. The second kappa shape index (κ2) is 7.08. The molecule has 0 bridgehead atoms. The van der Waals surface area contributed by atoms with Crippen molar-refractivity contribution >= 4 is 22.7 Å². The van der Waals surface area contributed by atoms with Crippen molar-refractivity contribution in [3.63, 3.8) is 0 Å². The summed E-state index contributed by atoms with van der Waals surface area (Å²) in [7, 11) is 0. The van der Waals surface area contributed by atoms with Gasteiger partial charge in [-0.1, -0.05) is 48.5 Å². The fraction of sp³-hybridized carbons (Fsp3) is 0.227. The van der Waals surface area contributed by atoms with Crippen LogP contribution in [0.25, 0.3) is 10.9 Å². The van der Waals surface area contributed by atoms with Crippen LogP contribution in [0.2, 0.25) is 0 Å². The van der Waals surface area contributed by atoms with Gasteiger partial charge in [0, 0.05) is 16.6 Å². The molecule has 130 valence electrons. The van der Waals surface area contributed by atoms with Gasteiger partial charge in [-0.15, -0.1) is 0 Å². The molecule has 0 radical (unpaired) electrons. The van der Waals surface area contributed by atoms with E-state index in [0.29, 0.717) is 11.1 Å². The van der Waals surface area contributed by atoms with Gasteiger partial charge < -0.3 is 4.74 Å². The number of ether oxygens (including phenoxy) is 1. The molecule has 0 saturated heterocycles. The Balaban J connectivity index is 1.65. The average Bonchev–Trinajstić information content (AvgIpc) is 2.70. The molecule has 3 aromatic rings. The number of nitrogens with zero attached hydrogens (tertiary/aromatic N) is 1. The number of esters is 1. The Bertz CT molecular complexity index is 979. The summed E-state index contributed by atoms with van der Waals surface area (Å²) in [5.41, 5.74) is 3.88. The van der Waals surface area contributed by atoms with Crippen LogP contribution in [0.1, 0.15) is 44.8 Å². The molecule has 0 atom stereocenters. The van der Waals surface area contributed by atoms with E-state index in [0.717, 1.165) is 47.8 Å². The lowest BCUT2D eigenvalue weighted by Crippen LogP contribution is -2.18. The number of benzene rings is 2. The summed E-state index contributed by atoms with van der Waals surface area (Å²) in [4.78, 5) is 29.8. The molecule has 4 rings (SSSR count). The maximum atomic E-state index is 12.9. The highest BCUT2D eigenvalue weighted by atomic mass is 16.5. The monoisotopic (exact) mass is 345 g/mol. The van der Waals surface area contributed by atoms with E-state index in [9.17, 15) is 9.59 Å². The van der Waals surface area contributed by atoms with Crippen molar-refractivity contribution < 1.29 is 14.3 Å². The number of ketones is 1. The summed E-state index contributed by atoms with van der Waals surface area (Å²) >= 11 is 0. The van der Waals surface area contributed by atoms with Crippen LogP contribution in [0.4, 0.5) is 0 Å². The zero-order chi connectivity index (χ0) is 17.9. The van der Waals surface area contributed by atoms with Crippen molar-refractivity contribution in [2.75, 3.05) is 6.61 Å². The number of aromatic nitrogens is 1. The molecule has 26 heavy (non-hydrogen) atoms. The van der Waals surface area contributed by atoms with Crippen molar-refractivity contribution in [3.05, 3.63) is 77.0 Å². The first-order chi connectivity index (χ1) is 12.7. The van der Waals surface area contributed by atoms with Gasteiger partial charge >= 0.3 is 5.97 Å². The highest BCUT2D eigenvalue weighted by Crippen LogP contribution is 2.29. The van der Waals surface area contributed by atoms with Gasteiger partial charge in [0.2, 0.25) is 0 Å². The Morgan fingerprint density at radius 1 is 0.923 bits per heavy atom. The molecule has 4 heteroatoms. The van der Waals surface area contributed by atoms with Crippen LogP contribution < -0.4 is 0 Å². The number of Topliss-reactive ketones (excluding diaryl/α,β-unsaturated/α-hetero) is 1. The summed E-state index contributed by atoms with van der Waals surface area (Å²) in [6.45, 7) is -0.256. The Hall–Kier alpha value is -3.01. The number of fused-ring (bicyclic) bond motifs is 2. The quantitative estimate of drug-likeness (QED) is 0.526. The van der Waals surface area contributed by atoms with Crippen molar-refractivity contribution in [1.82, 2.24) is 4.98 Å². The smallest absolute Gasteiger partial charge is 0.339 e. The summed E-state index contributed by atoms with van der Waals surface area (Å²) in [5, 5.41) is 0.797. The van der Waals surface area contributed by atoms with E-state index in [1.165, 1.54) is 0 Å². The minimum Gasteiger partial charge on any atom is -0.454 e. The number of rotatable bonds is 4. The fourth-order valence-corrected chi connectivity index (χ4v) is 3.52. The molecule has 0 aliphatic heterocycles. The van der Waals surface area contributed by atoms with E-state index in [2.05, 4.69) is 0 Å². The molecule has 0 unspecified atom stereocenters. The maximum Gasteiger partial charge on any atom is 0.339 e. The van der Waals surface area contributed by atoms with Gasteiger partial charge in [0.25, 0.3) is 0 Å². The summed E-state index contributed by atoms with van der Waals surface area (Å²) in [5.74, 6) is -0.641. The topological polar surface area (TPSA) is 56.3 Å². The zero-order valence-corrected chi connectivity index (χ0v) is 14.4. The SMILES string of the molecule is O=C(COC(=O)c1c2c(nc3ccccc13)CCCC2)c1ccccc1. The van der Waals surface area contributed by atoms with E-state index in [4.69, 9.17) is 9.72 Å². The van der Waals surface area contributed by atoms with Gasteiger partial charge in [0.1, 0.15) is 0 Å². The Labute approximate surface area is 151 Å². The summed E-state index contributed by atoms with van der Waals surface area (Å²) in [6, 6.07) is 16.5. The minimum absolute atomic E-state index is 0.203. The van der Waals surface area contributed by atoms with Crippen LogP contribution >= 0.6 is 0 Å². The molecule has 0 N–H and O–H groups in total. The van der Waals surface area contributed by atoms with E-state index in [1.807, 2.05) is 30.3 Å². The molecule has 0 amide bonds. The molecule has 1 aliphatic rings. The predicted octanol–water partition coefficient (Wildman–Crippen LogP) is 4.15. The Kier molecular flexibility index (Phi) is 4.48. The highest BCUT2D eigenvalue weighted by molar-refractivity contribution is 6.06. The van der Waals surface area contributed by atoms with Crippen LogP contribution in [-0.4, -0.2) is 23.3 Å². The van der Waals surface area contributed by atoms with Gasteiger partial charge in [0.15, 0.2) is 12.4 Å². The summed E-state index contributed by atoms with van der Waals surface area (Å²) in [6.07, 6.45) is 3.82. The molecule has 1 heterocycles. The highest BCUT2D eigenvalue weighted by Gasteiger charge is 2.24. The number of para-hydroxylation sites is 1. The number of aryl methyl sites for hydroxylation is 1. The normalized spacial score (nSPS) is 13.2. The number of carbonyl (C=O) groups excluding carboxylic acids is 2. The summed E-state index contributed by atoms with van der Waals surface area (Å²) < 4.78 is 5.40. The molecule has 0 fully saturated rings. The minimum atomic E-state index is -0.439. The zero-order valence-electron chi connectivity index (χ0n) is 14.4. The number of hydrogen-bond acceptors (Lipinski definition) is 4. The number of carbonyl (C=O) groups is 2. The lowest BCUT2D eigenvalue weighted by Gasteiger charge is -2.19. The van der Waals surface area contributed by atoms with Gasteiger partial charge in [-0.2, -0.15) is 0 Å². The molecule has 0 saturated carbocycles. The Morgan fingerprint density at radius 2 is 1.65 bits per heavy atom. The third-order valence-electron chi connectivity index (χ3n) is 4.80. The number of hydrogen-bond donors (Lipinski definition) is 0. The molecular formula is C22H19NO3. The first-order valence-electron chi connectivity index (χ1n) is 8.90. The first kappa shape index (κ1) is 16.5. The standard InChI is InChI=1S/C22H19NO3/c24-20(15-8-2-1-3-9-15)14-26-22(25)21-16-10-4-6-12-18(16)23-19-13-7-5-11-17(19)21/h1-4,6,8-10,12H,5,7,11,13-14H2. The van der Waals surface area contributed by atoms with E-state index in [1.54, 1.807) is 24.3 Å². The third kappa shape index (κ3) is 3.10. The van der Waals surface area contributed by atoms with E-state index in [-0.39, 0.29) is 12.4 Å². The van der Waals surface area contributed by atoms with E-state index >= 15 is 0 Å².